The second-order valence-electron chi connectivity index (χ2n) is 4.04. The summed E-state index contributed by atoms with van der Waals surface area (Å²) in [6, 6.07) is 7.03. The quantitative estimate of drug-likeness (QED) is 0.918. The molecule has 0 radical (unpaired) electrons. The lowest BCUT2D eigenvalue weighted by atomic mass is 10.2. The molecule has 1 aromatic carbocycles. The molecule has 100 valence electrons. The van der Waals surface area contributed by atoms with Crippen molar-refractivity contribution in [3.8, 4) is 0 Å². The van der Waals surface area contributed by atoms with E-state index in [1.807, 2.05) is 24.4 Å². The molecule has 6 heteroatoms. The van der Waals surface area contributed by atoms with Gasteiger partial charge < -0.3 is 10.0 Å². The Morgan fingerprint density at radius 1 is 1.47 bits per heavy atom. The average Bonchev–Trinajstić information content (AvgIpc) is 2.90. The molecule has 2 rings (SSSR count). The van der Waals surface area contributed by atoms with E-state index in [9.17, 15) is 4.79 Å². The highest BCUT2D eigenvalue weighted by molar-refractivity contribution is 7.09. The van der Waals surface area contributed by atoms with Crippen LogP contribution in [-0.2, 0) is 4.79 Å². The van der Waals surface area contributed by atoms with Crippen molar-refractivity contribution < 1.29 is 9.90 Å². The Morgan fingerprint density at radius 3 is 2.68 bits per heavy atom. The molecule has 4 nitrogen and oxygen atoms in total. The number of carboxylic acid groups (broad SMARTS) is 1. The lowest BCUT2D eigenvalue weighted by Crippen LogP contribution is -2.32. The molecule has 0 bridgehead atoms. The highest BCUT2D eigenvalue weighted by Crippen LogP contribution is 2.28. The highest BCUT2D eigenvalue weighted by atomic mass is 35.5. The number of rotatable bonds is 5. The van der Waals surface area contributed by atoms with Crippen LogP contribution in [-0.4, -0.2) is 22.6 Å². The Morgan fingerprint density at radius 2 is 2.16 bits per heavy atom. The third kappa shape index (κ3) is 3.45. The van der Waals surface area contributed by atoms with Gasteiger partial charge in [0.15, 0.2) is 0 Å². The third-order valence-electron chi connectivity index (χ3n) is 2.74. The summed E-state index contributed by atoms with van der Waals surface area (Å²) in [5, 5.41) is 12.5. The highest BCUT2D eigenvalue weighted by Gasteiger charge is 2.20. The molecule has 1 aromatic heterocycles. The molecule has 2 aromatic rings. The number of benzene rings is 1. The largest absolute Gasteiger partial charge is 0.480 e. The van der Waals surface area contributed by atoms with E-state index in [0.717, 1.165) is 10.7 Å². The molecular weight excluding hydrogens is 284 g/mol. The molecule has 0 aliphatic heterocycles. The molecule has 1 N–H and O–H groups in total. The number of hydrogen-bond acceptors (Lipinski definition) is 4. The summed E-state index contributed by atoms with van der Waals surface area (Å²) in [4.78, 5) is 17.1. The molecule has 0 fully saturated rings. The first kappa shape index (κ1) is 13.8. The summed E-state index contributed by atoms with van der Waals surface area (Å²) >= 11 is 7.37. The van der Waals surface area contributed by atoms with Crippen molar-refractivity contribution in [2.45, 2.75) is 13.0 Å². The second kappa shape index (κ2) is 6.04. The molecule has 0 aliphatic rings. The predicted octanol–water partition coefficient (Wildman–Crippen LogP) is 3.45. The van der Waals surface area contributed by atoms with Crippen molar-refractivity contribution in [3.05, 3.63) is 45.9 Å². The van der Waals surface area contributed by atoms with Crippen LogP contribution in [0.15, 0.2) is 35.8 Å². The van der Waals surface area contributed by atoms with E-state index in [1.54, 1.807) is 23.2 Å². The zero-order valence-corrected chi connectivity index (χ0v) is 11.9. The van der Waals surface area contributed by atoms with E-state index in [-0.39, 0.29) is 12.6 Å². The number of carboxylic acids is 1. The lowest BCUT2D eigenvalue weighted by Gasteiger charge is -2.28. The first-order valence-corrected chi connectivity index (χ1v) is 6.97. The third-order valence-corrected chi connectivity index (χ3v) is 3.94. The topological polar surface area (TPSA) is 53.4 Å². The van der Waals surface area contributed by atoms with Gasteiger partial charge in [0.25, 0.3) is 0 Å². The SMILES string of the molecule is CC(c1nccs1)N(CC(=O)O)c1ccc(Cl)cc1. The Hall–Kier alpha value is -1.59. The predicted molar refractivity (Wildman–Crippen MR) is 77.0 cm³/mol. The van der Waals surface area contributed by atoms with Crippen LogP contribution >= 0.6 is 22.9 Å². The number of thiazole rings is 1. The van der Waals surface area contributed by atoms with Gasteiger partial charge in [0, 0.05) is 22.3 Å². The van der Waals surface area contributed by atoms with E-state index in [1.165, 1.54) is 11.3 Å². The van der Waals surface area contributed by atoms with E-state index in [0.29, 0.717) is 5.02 Å². The summed E-state index contributed by atoms with van der Waals surface area (Å²) in [7, 11) is 0. The summed E-state index contributed by atoms with van der Waals surface area (Å²) < 4.78 is 0. The van der Waals surface area contributed by atoms with Gasteiger partial charge in [0.1, 0.15) is 11.6 Å². The second-order valence-corrected chi connectivity index (χ2v) is 5.41. The maximum atomic E-state index is 11.0. The summed E-state index contributed by atoms with van der Waals surface area (Å²) in [6.45, 7) is 1.86. The summed E-state index contributed by atoms with van der Waals surface area (Å²) in [6.07, 6.45) is 1.72. The molecule has 0 spiro atoms. The maximum Gasteiger partial charge on any atom is 0.323 e. The van der Waals surface area contributed by atoms with Crippen molar-refractivity contribution in [1.29, 1.82) is 0 Å². The minimum atomic E-state index is -0.877. The van der Waals surface area contributed by atoms with Gasteiger partial charge in [-0.15, -0.1) is 11.3 Å². The fourth-order valence-electron chi connectivity index (χ4n) is 1.80. The van der Waals surface area contributed by atoms with Gasteiger partial charge in [-0.3, -0.25) is 4.79 Å². The zero-order chi connectivity index (χ0) is 13.8. The standard InChI is InChI=1S/C13H13ClN2O2S/c1-9(13-15-6-7-19-13)16(8-12(17)18)11-4-2-10(14)3-5-11/h2-7,9H,8H2,1H3,(H,17,18). The van der Waals surface area contributed by atoms with Crippen LogP contribution in [0.5, 0.6) is 0 Å². The van der Waals surface area contributed by atoms with E-state index in [4.69, 9.17) is 16.7 Å². The summed E-state index contributed by atoms with van der Waals surface area (Å²) in [5.74, 6) is -0.877. The Balaban J connectivity index is 2.30. The monoisotopic (exact) mass is 296 g/mol. The van der Waals surface area contributed by atoms with Crippen molar-refractivity contribution in [2.24, 2.45) is 0 Å². The minimum Gasteiger partial charge on any atom is -0.480 e. The zero-order valence-electron chi connectivity index (χ0n) is 10.3. The Kier molecular flexibility index (Phi) is 4.39. The van der Waals surface area contributed by atoms with Crippen molar-refractivity contribution in [1.82, 2.24) is 4.98 Å². The molecule has 1 unspecified atom stereocenters. The van der Waals surface area contributed by atoms with E-state index < -0.39 is 5.97 Å². The molecule has 1 heterocycles. The summed E-state index contributed by atoms with van der Waals surface area (Å²) in [5.41, 5.74) is 0.814. The number of aliphatic carboxylic acids is 1. The van der Waals surface area contributed by atoms with Crippen molar-refractivity contribution in [2.75, 3.05) is 11.4 Å². The average molecular weight is 297 g/mol. The molecular formula is C13H13ClN2O2S. The van der Waals surface area contributed by atoms with Crippen LogP contribution in [0.25, 0.3) is 0 Å². The number of halogens is 1. The Bertz CT molecular complexity index is 542. The Labute approximate surface area is 120 Å². The van der Waals surface area contributed by atoms with Crippen LogP contribution in [0, 0.1) is 0 Å². The molecule has 19 heavy (non-hydrogen) atoms. The number of carbonyl (C=O) groups is 1. The molecule has 0 saturated carbocycles. The number of anilines is 1. The molecule has 0 saturated heterocycles. The molecule has 0 amide bonds. The smallest absolute Gasteiger partial charge is 0.323 e. The fourth-order valence-corrected chi connectivity index (χ4v) is 2.64. The fraction of sp³-hybridized carbons (Fsp3) is 0.231. The van der Waals surface area contributed by atoms with E-state index in [2.05, 4.69) is 4.98 Å². The molecule has 0 aliphatic carbocycles. The van der Waals surface area contributed by atoms with Gasteiger partial charge in [-0.1, -0.05) is 11.6 Å². The number of nitrogens with zero attached hydrogens (tertiary/aromatic N) is 2. The van der Waals surface area contributed by atoms with Gasteiger partial charge in [-0.2, -0.15) is 0 Å². The van der Waals surface area contributed by atoms with Crippen LogP contribution in [0.2, 0.25) is 5.02 Å². The van der Waals surface area contributed by atoms with Crippen LogP contribution < -0.4 is 4.90 Å². The number of hydrogen-bond donors (Lipinski definition) is 1. The van der Waals surface area contributed by atoms with Gasteiger partial charge in [-0.05, 0) is 31.2 Å². The van der Waals surface area contributed by atoms with Crippen molar-refractivity contribution in [3.63, 3.8) is 0 Å². The normalized spacial score (nSPS) is 12.1. The van der Waals surface area contributed by atoms with Crippen molar-refractivity contribution >= 4 is 34.6 Å². The lowest BCUT2D eigenvalue weighted by molar-refractivity contribution is -0.135. The first-order chi connectivity index (χ1) is 9.08. The first-order valence-electron chi connectivity index (χ1n) is 5.71. The van der Waals surface area contributed by atoms with Gasteiger partial charge >= 0.3 is 5.97 Å². The van der Waals surface area contributed by atoms with Gasteiger partial charge in [-0.25, -0.2) is 4.98 Å². The number of aromatic nitrogens is 1. The van der Waals surface area contributed by atoms with Crippen LogP contribution in [0.3, 0.4) is 0 Å². The van der Waals surface area contributed by atoms with Crippen LogP contribution in [0.4, 0.5) is 5.69 Å². The maximum absolute atomic E-state index is 11.0. The van der Waals surface area contributed by atoms with E-state index >= 15 is 0 Å². The molecule has 1 atom stereocenters. The van der Waals surface area contributed by atoms with Gasteiger partial charge in [0.05, 0.1) is 6.04 Å². The van der Waals surface area contributed by atoms with Crippen LogP contribution in [0.1, 0.15) is 18.0 Å². The van der Waals surface area contributed by atoms with Gasteiger partial charge in [0.2, 0.25) is 0 Å². The minimum absolute atomic E-state index is 0.0810.